The maximum Gasteiger partial charge on any atom is 0.347 e. The van der Waals surface area contributed by atoms with Gasteiger partial charge in [-0.1, -0.05) is 12.1 Å². The highest BCUT2D eigenvalue weighted by molar-refractivity contribution is 9.10. The number of nitrogens with one attached hydrogen (secondary N) is 2. The summed E-state index contributed by atoms with van der Waals surface area (Å²) in [5, 5.41) is 23.0. The topological polar surface area (TPSA) is 271 Å². The molecule has 0 saturated carbocycles. The first kappa shape index (κ1) is 48.9. The minimum absolute atomic E-state index is 0.00109. The van der Waals surface area contributed by atoms with Gasteiger partial charge in [0.15, 0.2) is 12.2 Å². The molecule has 1 amide bonds. The molecule has 336 valence electrons. The number of fused-ring (bicyclic) bond motifs is 1. The van der Waals surface area contributed by atoms with Crippen LogP contribution in [0.5, 0.6) is 5.88 Å². The summed E-state index contributed by atoms with van der Waals surface area (Å²) in [5.74, 6) is -4.15. The molecular formula is C39H49BrN8O13S. The zero-order chi connectivity index (χ0) is 45.4. The van der Waals surface area contributed by atoms with Gasteiger partial charge in [0, 0.05) is 55.5 Å². The number of pyridine rings is 1. The summed E-state index contributed by atoms with van der Waals surface area (Å²) in [6.07, 6.45) is -1.08. The zero-order valence-corrected chi connectivity index (χ0v) is 37.1. The number of morpholine rings is 1. The number of anilines is 2. The van der Waals surface area contributed by atoms with Crippen LogP contribution < -0.4 is 20.3 Å². The largest absolute Gasteiger partial charge is 0.478 e. The minimum Gasteiger partial charge on any atom is -0.478 e. The van der Waals surface area contributed by atoms with Crippen molar-refractivity contribution in [2.45, 2.75) is 71.3 Å². The number of hydrogen-bond acceptors (Lipinski definition) is 19. The number of carboxylic acids is 2. The number of aliphatic carboxylic acids is 2. The van der Waals surface area contributed by atoms with E-state index in [2.05, 4.69) is 45.3 Å². The van der Waals surface area contributed by atoms with E-state index in [9.17, 15) is 28.8 Å². The van der Waals surface area contributed by atoms with Gasteiger partial charge in [-0.2, -0.15) is 4.37 Å². The highest BCUT2D eigenvalue weighted by Gasteiger charge is 2.32. The molecule has 3 aromatic rings. The Morgan fingerprint density at radius 3 is 2.27 bits per heavy atom. The summed E-state index contributed by atoms with van der Waals surface area (Å²) in [5.41, 5.74) is 1.13. The van der Waals surface area contributed by atoms with E-state index in [-0.39, 0.29) is 38.1 Å². The number of aliphatic imine (C=N–C) groups is 1. The summed E-state index contributed by atoms with van der Waals surface area (Å²) in [6.45, 7) is 12.1. The molecule has 23 heteroatoms. The lowest BCUT2D eigenvalue weighted by atomic mass is 10.1. The molecule has 2 aliphatic heterocycles. The summed E-state index contributed by atoms with van der Waals surface area (Å²) in [4.78, 5) is 82.9. The molecule has 0 aliphatic carbocycles. The van der Waals surface area contributed by atoms with Crippen molar-refractivity contribution in [3.05, 3.63) is 47.1 Å². The van der Waals surface area contributed by atoms with E-state index < -0.39 is 54.1 Å². The quantitative estimate of drug-likeness (QED) is 0.0860. The summed E-state index contributed by atoms with van der Waals surface area (Å²) >= 11 is 4.60. The van der Waals surface area contributed by atoms with E-state index in [0.29, 0.717) is 72.8 Å². The first-order chi connectivity index (χ1) is 29.4. The van der Waals surface area contributed by atoms with Gasteiger partial charge in [0.25, 0.3) is 11.8 Å². The van der Waals surface area contributed by atoms with Gasteiger partial charge < -0.3 is 49.4 Å². The Labute approximate surface area is 369 Å². The molecule has 0 radical (unpaired) electrons. The molecule has 1 fully saturated rings. The van der Waals surface area contributed by atoms with Gasteiger partial charge in [0.2, 0.25) is 11.8 Å². The van der Waals surface area contributed by atoms with Gasteiger partial charge in [-0.25, -0.2) is 14.4 Å². The number of guanidine groups is 1. The predicted octanol–water partition coefficient (Wildman–Crippen LogP) is 3.03. The molecule has 0 unspecified atom stereocenters. The molecule has 62 heavy (non-hydrogen) atoms. The summed E-state index contributed by atoms with van der Waals surface area (Å²) in [6, 6.07) is 7.53. The molecule has 1 saturated heterocycles. The van der Waals surface area contributed by atoms with Crippen molar-refractivity contribution in [3.63, 3.8) is 0 Å². The second-order valence-electron chi connectivity index (χ2n) is 14.6. The molecule has 21 nitrogen and oxygen atoms in total. The first-order valence-corrected chi connectivity index (χ1v) is 20.9. The van der Waals surface area contributed by atoms with Crippen molar-refractivity contribution in [2.24, 2.45) is 4.99 Å². The molecule has 2 aromatic heterocycles. The summed E-state index contributed by atoms with van der Waals surface area (Å²) in [7, 11) is 0. The number of aromatic nitrogens is 3. The standard InChI is InChI=1S/C35H45BrN8O9S.C4H4O4/c1-21(32(47)44-14-13-38-34(44)40-25-9-8-23-7-6-12-37-29(23)28(25)36)52-33(48)22(2)51-26(45)10-11-27(46)53-24(19-39-35(3,4)5)20-50-31-30(41-54-42-31)43-15-17-49-18-16-43;5-3(6)1-2-4(7)8/h6-9,12,21-22,24,39H,10-11,13-20H2,1-5H3,(H,38,40);1-2H,(H,5,6)(H,7,8)/b;2-1-/t21-,22-,24-;/m0./s1. The molecule has 4 N–H and O–H groups in total. The fraction of sp³-hybridized carbons (Fsp3) is 0.487. The van der Waals surface area contributed by atoms with E-state index >= 15 is 0 Å². The van der Waals surface area contributed by atoms with E-state index in [4.69, 9.17) is 33.9 Å². The van der Waals surface area contributed by atoms with Crippen molar-refractivity contribution in [1.29, 1.82) is 0 Å². The molecule has 2 aliphatic rings. The van der Waals surface area contributed by atoms with E-state index in [1.807, 2.05) is 49.9 Å². The van der Waals surface area contributed by atoms with Crippen molar-refractivity contribution in [2.75, 3.05) is 62.8 Å². The van der Waals surface area contributed by atoms with Crippen LogP contribution in [0.15, 0.2) is 52.1 Å². The number of halogens is 1. The first-order valence-electron chi connectivity index (χ1n) is 19.3. The summed E-state index contributed by atoms with van der Waals surface area (Å²) < 4.78 is 36.9. The number of carbonyl (C=O) groups excluding carboxylic acids is 4. The molecule has 0 bridgehead atoms. The fourth-order valence-electron chi connectivity index (χ4n) is 5.49. The third-order valence-electron chi connectivity index (χ3n) is 8.57. The van der Waals surface area contributed by atoms with Gasteiger partial charge in [0.1, 0.15) is 12.7 Å². The Morgan fingerprint density at radius 1 is 0.935 bits per heavy atom. The second-order valence-corrected chi connectivity index (χ2v) is 15.9. The molecule has 4 heterocycles. The number of esters is 3. The van der Waals surface area contributed by atoms with Crippen LogP contribution >= 0.6 is 27.7 Å². The van der Waals surface area contributed by atoms with Crippen LogP contribution in [-0.4, -0.2) is 147 Å². The number of carbonyl (C=O) groups is 6. The smallest absolute Gasteiger partial charge is 0.347 e. The predicted molar refractivity (Wildman–Crippen MR) is 228 cm³/mol. The van der Waals surface area contributed by atoms with Crippen LogP contribution in [0, 0.1) is 0 Å². The number of nitrogens with zero attached hydrogens (tertiary/aromatic N) is 6. The van der Waals surface area contributed by atoms with E-state index in [1.54, 1.807) is 6.20 Å². The number of carboxylic acid groups (broad SMARTS) is 2. The third kappa shape index (κ3) is 15.6. The number of benzene rings is 1. The van der Waals surface area contributed by atoms with Crippen molar-refractivity contribution >= 4 is 91.8 Å². The molecule has 5 rings (SSSR count). The fourth-order valence-corrected chi connectivity index (χ4v) is 6.58. The van der Waals surface area contributed by atoms with Crippen LogP contribution in [0.4, 0.5) is 11.5 Å². The number of hydrogen-bond donors (Lipinski definition) is 4. The highest BCUT2D eigenvalue weighted by Crippen LogP contribution is 2.31. The highest BCUT2D eigenvalue weighted by atomic mass is 79.9. The SMILES string of the molecule is C[C@H](OC(=O)CCC(=O)O[C@@H](CNC(C)(C)C)COc1nsnc1N1CCOCC1)C(=O)O[C@@H](C)C(=O)N1CCN=C1Nc1ccc2cccnc2c1Br.O=C(O)/C=C\C(=O)O. The average Bonchev–Trinajstić information content (AvgIpc) is 3.91. The lowest BCUT2D eigenvalue weighted by Gasteiger charge is -2.27. The van der Waals surface area contributed by atoms with Gasteiger partial charge in [0.05, 0.1) is 60.0 Å². The van der Waals surface area contributed by atoms with E-state index in [1.165, 1.54) is 18.7 Å². The normalized spacial score (nSPS) is 15.4. The van der Waals surface area contributed by atoms with Gasteiger partial charge >= 0.3 is 29.8 Å². The number of rotatable bonds is 17. The van der Waals surface area contributed by atoms with Crippen LogP contribution in [0.25, 0.3) is 10.9 Å². The molecule has 0 spiro atoms. The Hall–Kier alpha value is -5.78. The van der Waals surface area contributed by atoms with Crippen LogP contribution in [0.2, 0.25) is 0 Å². The van der Waals surface area contributed by atoms with E-state index in [0.717, 1.165) is 22.6 Å². The molecule has 3 atom stereocenters. The maximum absolute atomic E-state index is 13.3. The van der Waals surface area contributed by atoms with Crippen LogP contribution in [-0.2, 0) is 47.7 Å². The van der Waals surface area contributed by atoms with Gasteiger partial charge in [-0.05, 0) is 62.7 Å². The van der Waals surface area contributed by atoms with Crippen molar-refractivity contribution in [1.82, 2.24) is 23.9 Å². The monoisotopic (exact) mass is 948 g/mol. The maximum atomic E-state index is 13.3. The zero-order valence-electron chi connectivity index (χ0n) is 34.7. The Kier molecular flexibility index (Phi) is 18.5. The lowest BCUT2D eigenvalue weighted by Crippen LogP contribution is -2.45. The second kappa shape index (κ2) is 23.4. The number of amides is 1. The van der Waals surface area contributed by atoms with Crippen LogP contribution in [0.3, 0.4) is 0 Å². The van der Waals surface area contributed by atoms with Crippen molar-refractivity contribution in [3.8, 4) is 5.88 Å². The Balaban J connectivity index is 0.000000959. The minimum atomic E-state index is -1.33. The number of ether oxygens (including phenoxy) is 5. The third-order valence-corrected chi connectivity index (χ3v) is 9.87. The Bertz CT molecular complexity index is 2110. The average molecular weight is 950 g/mol. The van der Waals surface area contributed by atoms with Gasteiger partial charge in [-0.15, -0.1) is 4.37 Å². The molecule has 1 aromatic carbocycles. The lowest BCUT2D eigenvalue weighted by molar-refractivity contribution is -0.173. The van der Waals surface area contributed by atoms with Gasteiger partial charge in [-0.3, -0.25) is 29.3 Å². The molecular weight excluding hydrogens is 900 g/mol. The van der Waals surface area contributed by atoms with Crippen LogP contribution in [0.1, 0.15) is 47.5 Å². The van der Waals surface area contributed by atoms with Crippen molar-refractivity contribution < 1.29 is 62.7 Å². The Morgan fingerprint density at radius 2 is 1.61 bits per heavy atom.